The van der Waals surface area contributed by atoms with Crippen LogP contribution < -0.4 is 10.1 Å². The van der Waals surface area contributed by atoms with Gasteiger partial charge in [0.25, 0.3) is 5.91 Å². The Kier molecular flexibility index (Phi) is 3.67. The molecular weight excluding hydrogens is 338 g/mol. The zero-order valence-electron chi connectivity index (χ0n) is 15.1. The van der Waals surface area contributed by atoms with Gasteiger partial charge in [-0.25, -0.2) is 0 Å². The molecule has 2 heterocycles. The van der Waals surface area contributed by atoms with E-state index in [0.717, 1.165) is 47.1 Å². The summed E-state index contributed by atoms with van der Waals surface area (Å²) in [5.74, 6) is 0.699. The van der Waals surface area contributed by atoms with Crippen LogP contribution in [-0.2, 0) is 6.42 Å². The van der Waals surface area contributed by atoms with Crippen molar-refractivity contribution in [2.24, 2.45) is 0 Å². The number of carbonyl (C=O) groups excluding carboxylic acids is 1. The number of nitrogens with one attached hydrogen (secondary N) is 3. The zero-order chi connectivity index (χ0) is 18.4. The van der Waals surface area contributed by atoms with E-state index in [4.69, 9.17) is 4.74 Å². The van der Waals surface area contributed by atoms with Gasteiger partial charge >= 0.3 is 0 Å². The van der Waals surface area contributed by atoms with Crippen LogP contribution in [0, 0.1) is 0 Å². The number of fused-ring (bicyclic) bond motifs is 4. The number of hydrogen-bond donors (Lipinski definition) is 3. The van der Waals surface area contributed by atoms with Crippen LogP contribution in [0.5, 0.6) is 5.75 Å². The highest BCUT2D eigenvalue weighted by Crippen LogP contribution is 2.34. The van der Waals surface area contributed by atoms with E-state index in [2.05, 4.69) is 33.5 Å². The molecule has 4 aromatic rings. The second-order valence-electron chi connectivity index (χ2n) is 7.12. The predicted octanol–water partition coefficient (Wildman–Crippen LogP) is 4.47. The molecule has 1 unspecified atom stereocenters. The highest BCUT2D eigenvalue weighted by molar-refractivity contribution is 5.98. The summed E-state index contributed by atoms with van der Waals surface area (Å²) in [4.78, 5) is 19.6. The average Bonchev–Trinajstić information content (AvgIpc) is 3.29. The van der Waals surface area contributed by atoms with Crippen molar-refractivity contribution in [3.05, 3.63) is 65.5 Å². The lowest BCUT2D eigenvalue weighted by atomic mass is 9.91. The summed E-state index contributed by atoms with van der Waals surface area (Å²) in [5.41, 5.74) is 5.12. The van der Waals surface area contributed by atoms with Crippen LogP contribution in [0.2, 0.25) is 0 Å². The molecule has 0 saturated carbocycles. The number of aromatic amines is 2. The summed E-state index contributed by atoms with van der Waals surface area (Å²) < 4.78 is 5.26. The molecule has 5 rings (SSSR count). The van der Waals surface area contributed by atoms with Gasteiger partial charge in [-0.3, -0.25) is 4.79 Å². The molecule has 5 nitrogen and oxygen atoms in total. The number of ether oxygens (including phenoxy) is 1. The standard InChI is InChI=1S/C22H21N3O2/c1-27-14-9-10-17-13(11-14)12-20(23-17)22(26)25-19-8-4-6-16-15-5-2-3-7-18(15)24-21(16)19/h2-3,5,7,9-12,19,23-24H,4,6,8H2,1H3,(H,25,26). The number of amides is 1. The molecule has 1 atom stereocenters. The number of aryl methyl sites for hydroxylation is 1. The van der Waals surface area contributed by atoms with Gasteiger partial charge in [0.1, 0.15) is 11.4 Å². The lowest BCUT2D eigenvalue weighted by molar-refractivity contribution is 0.0927. The van der Waals surface area contributed by atoms with E-state index in [0.29, 0.717) is 5.69 Å². The van der Waals surface area contributed by atoms with Crippen LogP contribution in [0.1, 0.15) is 40.6 Å². The van der Waals surface area contributed by atoms with Crippen molar-refractivity contribution < 1.29 is 9.53 Å². The third-order valence-electron chi connectivity index (χ3n) is 5.49. The van der Waals surface area contributed by atoms with Crippen molar-refractivity contribution in [1.82, 2.24) is 15.3 Å². The van der Waals surface area contributed by atoms with Gasteiger partial charge in [0.15, 0.2) is 0 Å². The lowest BCUT2D eigenvalue weighted by Crippen LogP contribution is -2.31. The molecule has 0 bridgehead atoms. The van der Waals surface area contributed by atoms with Crippen molar-refractivity contribution in [3.8, 4) is 5.75 Å². The van der Waals surface area contributed by atoms with Gasteiger partial charge in [0.05, 0.1) is 13.2 Å². The summed E-state index contributed by atoms with van der Waals surface area (Å²) >= 11 is 0. The van der Waals surface area contributed by atoms with Crippen molar-refractivity contribution in [2.75, 3.05) is 7.11 Å². The van der Waals surface area contributed by atoms with Crippen LogP contribution in [0.15, 0.2) is 48.5 Å². The van der Waals surface area contributed by atoms with Crippen molar-refractivity contribution >= 4 is 27.7 Å². The number of para-hydroxylation sites is 1. The molecule has 0 saturated heterocycles. The Labute approximate surface area is 156 Å². The van der Waals surface area contributed by atoms with Crippen molar-refractivity contribution in [3.63, 3.8) is 0 Å². The Morgan fingerprint density at radius 3 is 2.89 bits per heavy atom. The quantitative estimate of drug-likeness (QED) is 0.505. The average molecular weight is 359 g/mol. The minimum absolute atomic E-state index is 0.00889. The van der Waals surface area contributed by atoms with Gasteiger partial charge in [-0.15, -0.1) is 0 Å². The second-order valence-corrected chi connectivity index (χ2v) is 7.12. The van der Waals surface area contributed by atoms with Gasteiger partial charge in [0, 0.05) is 27.5 Å². The molecule has 136 valence electrons. The van der Waals surface area contributed by atoms with Gasteiger partial charge in [-0.05, 0) is 55.2 Å². The number of benzene rings is 2. The number of H-pyrrole nitrogens is 2. The number of hydrogen-bond acceptors (Lipinski definition) is 2. The van der Waals surface area contributed by atoms with Gasteiger partial charge in [-0.1, -0.05) is 18.2 Å². The topological polar surface area (TPSA) is 69.9 Å². The number of rotatable bonds is 3. The molecule has 0 spiro atoms. The maximum atomic E-state index is 12.9. The third kappa shape index (κ3) is 2.67. The minimum Gasteiger partial charge on any atom is -0.497 e. The molecule has 0 fully saturated rings. The second kappa shape index (κ2) is 6.20. The first-order valence-corrected chi connectivity index (χ1v) is 9.30. The third-order valence-corrected chi connectivity index (χ3v) is 5.49. The first-order chi connectivity index (χ1) is 13.2. The Hall–Kier alpha value is -3.21. The molecule has 0 aliphatic heterocycles. The number of aromatic nitrogens is 2. The minimum atomic E-state index is -0.0818. The van der Waals surface area contributed by atoms with Gasteiger partial charge in [-0.2, -0.15) is 0 Å². The molecule has 5 heteroatoms. The first-order valence-electron chi connectivity index (χ1n) is 9.30. The molecule has 1 aliphatic carbocycles. The SMILES string of the molecule is COc1ccc2[nH]c(C(=O)NC3CCCc4c3[nH]c3ccccc43)cc2c1. The van der Waals surface area contributed by atoms with E-state index in [9.17, 15) is 4.79 Å². The van der Waals surface area contributed by atoms with Gasteiger partial charge in [0.2, 0.25) is 0 Å². The number of carbonyl (C=O) groups is 1. The van der Waals surface area contributed by atoms with Crippen molar-refractivity contribution in [2.45, 2.75) is 25.3 Å². The van der Waals surface area contributed by atoms with Crippen LogP contribution in [-0.4, -0.2) is 23.0 Å². The fraction of sp³-hybridized carbons (Fsp3) is 0.227. The zero-order valence-corrected chi connectivity index (χ0v) is 15.1. The molecule has 3 N–H and O–H groups in total. The van der Waals surface area contributed by atoms with E-state index in [-0.39, 0.29) is 11.9 Å². The van der Waals surface area contributed by atoms with E-state index in [1.165, 1.54) is 10.9 Å². The molecule has 1 aliphatic rings. The largest absolute Gasteiger partial charge is 0.497 e. The Balaban J connectivity index is 1.45. The van der Waals surface area contributed by atoms with E-state index >= 15 is 0 Å². The number of methoxy groups -OCH3 is 1. The fourth-order valence-corrected chi connectivity index (χ4v) is 4.16. The normalized spacial score (nSPS) is 16.4. The highest BCUT2D eigenvalue weighted by atomic mass is 16.5. The van der Waals surface area contributed by atoms with Crippen LogP contribution in [0.3, 0.4) is 0 Å². The molecular formula is C22H21N3O2. The molecule has 27 heavy (non-hydrogen) atoms. The summed E-state index contributed by atoms with van der Waals surface area (Å²) in [6.45, 7) is 0. The first kappa shape index (κ1) is 16.0. The molecule has 2 aromatic carbocycles. The van der Waals surface area contributed by atoms with E-state index in [1.807, 2.05) is 30.3 Å². The fourth-order valence-electron chi connectivity index (χ4n) is 4.16. The highest BCUT2D eigenvalue weighted by Gasteiger charge is 2.26. The van der Waals surface area contributed by atoms with Crippen LogP contribution in [0.25, 0.3) is 21.8 Å². The summed E-state index contributed by atoms with van der Waals surface area (Å²) in [5, 5.41) is 5.44. The molecule has 0 radical (unpaired) electrons. The summed E-state index contributed by atoms with van der Waals surface area (Å²) in [6, 6.07) is 16.0. The van der Waals surface area contributed by atoms with Gasteiger partial charge < -0.3 is 20.0 Å². The molecule has 1 amide bonds. The summed E-state index contributed by atoms with van der Waals surface area (Å²) in [7, 11) is 1.64. The Morgan fingerprint density at radius 2 is 2.00 bits per heavy atom. The monoisotopic (exact) mass is 359 g/mol. The summed E-state index contributed by atoms with van der Waals surface area (Å²) in [6.07, 6.45) is 3.07. The lowest BCUT2D eigenvalue weighted by Gasteiger charge is -2.23. The smallest absolute Gasteiger partial charge is 0.268 e. The van der Waals surface area contributed by atoms with Crippen LogP contribution in [0.4, 0.5) is 0 Å². The van der Waals surface area contributed by atoms with Crippen LogP contribution >= 0.6 is 0 Å². The van der Waals surface area contributed by atoms with Crippen molar-refractivity contribution in [1.29, 1.82) is 0 Å². The Morgan fingerprint density at radius 1 is 1.11 bits per heavy atom. The Bertz CT molecular complexity index is 1160. The maximum absolute atomic E-state index is 12.9. The predicted molar refractivity (Wildman–Crippen MR) is 106 cm³/mol. The van der Waals surface area contributed by atoms with E-state index in [1.54, 1.807) is 7.11 Å². The van der Waals surface area contributed by atoms with E-state index < -0.39 is 0 Å². The maximum Gasteiger partial charge on any atom is 0.268 e. The molecule has 2 aromatic heterocycles.